The highest BCUT2D eigenvalue weighted by Gasteiger charge is 2.09. The Labute approximate surface area is 118 Å². The number of esters is 1. The van der Waals surface area contributed by atoms with Crippen LogP contribution in [0.5, 0.6) is 0 Å². The van der Waals surface area contributed by atoms with Gasteiger partial charge in [-0.2, -0.15) is 0 Å². The normalized spacial score (nSPS) is 12.3. The number of aromatic nitrogens is 2. The highest BCUT2D eigenvalue weighted by atomic mass is 19.1. The molecule has 0 saturated heterocycles. The second-order valence-electron chi connectivity index (χ2n) is 4.30. The molecule has 0 amide bonds. The van der Waals surface area contributed by atoms with E-state index < -0.39 is 0 Å². The quantitative estimate of drug-likeness (QED) is 0.437. The van der Waals surface area contributed by atoms with Gasteiger partial charge in [-0.05, 0) is 25.0 Å². The van der Waals surface area contributed by atoms with Crippen LogP contribution in [0.3, 0.4) is 0 Å². The average molecular weight is 278 g/mol. The molecule has 20 heavy (non-hydrogen) atoms. The van der Waals surface area contributed by atoms with Crippen molar-refractivity contribution in [2.75, 3.05) is 7.11 Å². The molecule has 1 heterocycles. The van der Waals surface area contributed by atoms with Gasteiger partial charge in [0.05, 0.1) is 25.7 Å². The van der Waals surface area contributed by atoms with E-state index in [0.717, 1.165) is 11.3 Å². The first-order valence-corrected chi connectivity index (χ1v) is 6.26. The lowest BCUT2D eigenvalue weighted by Gasteiger charge is -2.08. The van der Waals surface area contributed by atoms with E-state index in [1.54, 1.807) is 23.2 Å². The summed E-state index contributed by atoms with van der Waals surface area (Å²) in [4.78, 5) is 15.3. The van der Waals surface area contributed by atoms with E-state index in [2.05, 4.69) is 16.3 Å². The third-order valence-electron chi connectivity index (χ3n) is 2.64. The summed E-state index contributed by atoms with van der Waals surface area (Å²) < 4.78 is 19.5. The van der Waals surface area contributed by atoms with Crippen molar-refractivity contribution in [1.29, 1.82) is 0 Å². The number of hydrogen-bond acceptors (Lipinski definition) is 3. The van der Waals surface area contributed by atoms with E-state index >= 15 is 0 Å². The summed E-state index contributed by atoms with van der Waals surface area (Å²) in [7, 11) is 1.34. The summed E-state index contributed by atoms with van der Waals surface area (Å²) in [6.07, 6.45) is 9.10. The molecule has 1 aromatic heterocycles. The van der Waals surface area contributed by atoms with Gasteiger partial charge >= 0.3 is 5.97 Å². The average Bonchev–Trinajstić information content (AvgIpc) is 2.82. The zero-order chi connectivity index (χ0) is 15.0. The fourth-order valence-electron chi connectivity index (χ4n) is 1.71. The molecule has 0 aromatic carbocycles. The number of carbonyl (C=O) groups is 1. The monoisotopic (exact) mass is 278 g/mol. The van der Waals surface area contributed by atoms with Crippen LogP contribution in [0, 0.1) is 0 Å². The highest BCUT2D eigenvalue weighted by Crippen LogP contribution is 2.11. The zero-order valence-electron chi connectivity index (χ0n) is 11.8. The van der Waals surface area contributed by atoms with Crippen molar-refractivity contribution >= 4 is 5.97 Å². The van der Waals surface area contributed by atoms with Gasteiger partial charge in [-0.3, -0.25) is 4.79 Å². The van der Waals surface area contributed by atoms with Gasteiger partial charge < -0.3 is 9.30 Å². The number of ether oxygens (including phenoxy) is 1. The molecule has 108 valence electrons. The number of nitrogens with zero attached hydrogens (tertiary/aromatic N) is 2. The molecule has 0 unspecified atom stereocenters. The van der Waals surface area contributed by atoms with Crippen molar-refractivity contribution in [3.8, 4) is 0 Å². The Kier molecular flexibility index (Phi) is 6.43. The minimum absolute atomic E-state index is 0.142. The Morgan fingerprint density at radius 1 is 1.60 bits per heavy atom. The second-order valence-corrected chi connectivity index (χ2v) is 4.30. The smallest absolute Gasteiger partial charge is 0.311 e. The van der Waals surface area contributed by atoms with E-state index in [4.69, 9.17) is 0 Å². The van der Waals surface area contributed by atoms with Crippen molar-refractivity contribution in [2.45, 2.75) is 26.3 Å². The number of halogens is 1. The maximum Gasteiger partial charge on any atom is 0.311 e. The Morgan fingerprint density at radius 3 is 2.95 bits per heavy atom. The molecule has 0 aliphatic rings. The predicted molar refractivity (Wildman–Crippen MR) is 75.7 cm³/mol. The Bertz CT molecular complexity index is 526. The summed E-state index contributed by atoms with van der Waals surface area (Å²) in [5.41, 5.74) is 1.53. The van der Waals surface area contributed by atoms with E-state index in [9.17, 15) is 9.18 Å². The fourth-order valence-corrected chi connectivity index (χ4v) is 1.71. The third-order valence-corrected chi connectivity index (χ3v) is 2.64. The van der Waals surface area contributed by atoms with Gasteiger partial charge in [0.15, 0.2) is 0 Å². The number of imidazole rings is 1. The lowest BCUT2D eigenvalue weighted by Crippen LogP contribution is -2.10. The van der Waals surface area contributed by atoms with Gasteiger partial charge in [0.2, 0.25) is 0 Å². The molecule has 0 spiro atoms. The van der Waals surface area contributed by atoms with Crippen molar-refractivity contribution in [3.05, 3.63) is 54.4 Å². The first kappa shape index (κ1) is 15.9. The molecule has 0 saturated carbocycles. The van der Waals surface area contributed by atoms with Crippen LogP contribution < -0.4 is 0 Å². The van der Waals surface area contributed by atoms with Crippen molar-refractivity contribution in [3.63, 3.8) is 0 Å². The van der Waals surface area contributed by atoms with E-state index in [-0.39, 0.29) is 18.2 Å². The number of rotatable bonds is 7. The van der Waals surface area contributed by atoms with Crippen LogP contribution in [0.25, 0.3) is 0 Å². The van der Waals surface area contributed by atoms with Gasteiger partial charge in [0.25, 0.3) is 0 Å². The molecule has 1 aromatic rings. The van der Waals surface area contributed by atoms with E-state index in [1.807, 2.05) is 6.08 Å². The summed E-state index contributed by atoms with van der Waals surface area (Å²) in [6, 6.07) is 0. The van der Waals surface area contributed by atoms with Crippen molar-refractivity contribution < 1.29 is 13.9 Å². The minimum Gasteiger partial charge on any atom is -0.469 e. The number of allylic oxidation sites excluding steroid dienone is 5. The molecule has 1 rings (SSSR count). The lowest BCUT2D eigenvalue weighted by atomic mass is 10.2. The van der Waals surface area contributed by atoms with Gasteiger partial charge in [0, 0.05) is 18.4 Å². The Balaban J connectivity index is 2.89. The first-order valence-electron chi connectivity index (χ1n) is 6.26. The Morgan fingerprint density at radius 2 is 2.35 bits per heavy atom. The molecule has 0 aliphatic carbocycles. The standard InChI is InChI=1S/C15H19FN2O2/c1-4-5-6-13(7-12(2)16)10-18-11-17-9-14(18)8-15(19)20-3/h4,6-7,9,11H,1,5,8,10H2,2-3H3/b12-7+,13-6+. The molecule has 4 nitrogen and oxygen atoms in total. The fraction of sp³-hybridized carbons (Fsp3) is 0.333. The topological polar surface area (TPSA) is 44.1 Å². The van der Waals surface area contributed by atoms with Crippen LogP contribution in [0.4, 0.5) is 4.39 Å². The van der Waals surface area contributed by atoms with Gasteiger partial charge in [0.1, 0.15) is 0 Å². The molecule has 0 bridgehead atoms. The molecule has 0 N–H and O–H groups in total. The van der Waals surface area contributed by atoms with Crippen molar-refractivity contribution in [2.24, 2.45) is 0 Å². The number of methoxy groups -OCH3 is 1. The minimum atomic E-state index is -0.333. The molecule has 0 atom stereocenters. The first-order chi connectivity index (χ1) is 9.56. The maximum absolute atomic E-state index is 13.1. The van der Waals surface area contributed by atoms with E-state index in [1.165, 1.54) is 20.1 Å². The summed E-state index contributed by atoms with van der Waals surface area (Å²) in [5, 5.41) is 0. The molecular weight excluding hydrogens is 259 g/mol. The zero-order valence-corrected chi connectivity index (χ0v) is 11.8. The van der Waals surface area contributed by atoms with Crippen LogP contribution in [0.1, 0.15) is 19.0 Å². The summed E-state index contributed by atoms with van der Waals surface area (Å²) in [5.74, 6) is -0.601. The maximum atomic E-state index is 13.1. The van der Waals surface area contributed by atoms with Crippen LogP contribution in [0.2, 0.25) is 0 Å². The SMILES string of the molecule is C=CC/C=C(\C=C(/C)F)Cn1cncc1CC(=O)OC. The molecule has 0 aliphatic heterocycles. The highest BCUT2D eigenvalue weighted by molar-refractivity contribution is 5.71. The third kappa shape index (κ3) is 5.22. The van der Waals surface area contributed by atoms with Crippen molar-refractivity contribution in [1.82, 2.24) is 9.55 Å². The summed E-state index contributed by atoms with van der Waals surface area (Å²) >= 11 is 0. The Hall–Kier alpha value is -2.17. The van der Waals surface area contributed by atoms with Crippen LogP contribution in [-0.2, 0) is 22.5 Å². The molecule has 0 radical (unpaired) electrons. The van der Waals surface area contributed by atoms with E-state index in [0.29, 0.717) is 13.0 Å². The number of hydrogen-bond donors (Lipinski definition) is 0. The summed E-state index contributed by atoms with van der Waals surface area (Å²) in [6.45, 7) is 5.48. The predicted octanol–water partition coefficient (Wildman–Crippen LogP) is 2.97. The molecule has 5 heteroatoms. The molecule has 0 fully saturated rings. The van der Waals surface area contributed by atoms with Crippen LogP contribution in [-0.4, -0.2) is 22.6 Å². The van der Waals surface area contributed by atoms with Gasteiger partial charge in [-0.15, -0.1) is 6.58 Å². The number of carbonyl (C=O) groups excluding carboxylic acids is 1. The largest absolute Gasteiger partial charge is 0.469 e. The van der Waals surface area contributed by atoms with Crippen LogP contribution in [0.15, 0.2) is 48.7 Å². The molecular formula is C15H19FN2O2. The van der Waals surface area contributed by atoms with Crippen LogP contribution >= 0.6 is 0 Å². The lowest BCUT2D eigenvalue weighted by molar-refractivity contribution is -0.139. The second kappa shape index (κ2) is 8.09. The van der Waals surface area contributed by atoms with Gasteiger partial charge in [-0.25, -0.2) is 9.37 Å². The van der Waals surface area contributed by atoms with Gasteiger partial charge in [-0.1, -0.05) is 12.2 Å².